The molecule has 9 nitrogen and oxygen atoms in total. The second-order valence-electron chi connectivity index (χ2n) is 8.76. The normalized spacial score (nSPS) is 12.3. The van der Waals surface area contributed by atoms with Crippen LogP contribution < -0.4 is 14.8 Å². The molecule has 0 saturated carbocycles. The lowest BCUT2D eigenvalue weighted by atomic mass is 9.86. The molecule has 0 aliphatic heterocycles. The number of carbonyl (C=O) groups is 1. The van der Waals surface area contributed by atoms with Crippen LogP contribution in [0.3, 0.4) is 0 Å². The van der Waals surface area contributed by atoms with Crippen molar-refractivity contribution in [2.45, 2.75) is 26.8 Å². The van der Waals surface area contributed by atoms with Crippen molar-refractivity contribution in [3.63, 3.8) is 0 Å². The fourth-order valence-corrected chi connectivity index (χ4v) is 3.34. The van der Waals surface area contributed by atoms with Gasteiger partial charge in [0.25, 0.3) is 5.91 Å². The first-order chi connectivity index (χ1) is 16.3. The molecule has 0 aliphatic carbocycles. The maximum atomic E-state index is 13.0. The van der Waals surface area contributed by atoms with Crippen LogP contribution in [0.2, 0.25) is 0 Å². The van der Waals surface area contributed by atoms with E-state index < -0.39 is 17.4 Å². The van der Waals surface area contributed by atoms with Crippen molar-refractivity contribution in [3.8, 4) is 34.2 Å². The lowest BCUT2D eigenvalue weighted by molar-refractivity contribution is 0.0871. The zero-order valence-electron chi connectivity index (χ0n) is 19.7. The van der Waals surface area contributed by atoms with Gasteiger partial charge >= 0.3 is 0 Å². The second kappa shape index (κ2) is 9.38. The highest BCUT2D eigenvalue weighted by Crippen LogP contribution is 2.33. The van der Waals surface area contributed by atoms with E-state index in [0.29, 0.717) is 17.5 Å². The summed E-state index contributed by atoms with van der Waals surface area (Å²) in [5, 5.41) is 11.0. The molecule has 2 aromatic carbocycles. The number of carbonyl (C=O) groups excluding carboxylic acids is 1. The Kier molecular flexibility index (Phi) is 6.36. The molecule has 0 saturated heterocycles. The Morgan fingerprint density at radius 3 is 2.03 bits per heavy atom. The summed E-state index contributed by atoms with van der Waals surface area (Å²) in [7, 11) is 3.20. The minimum atomic E-state index is -0.555. The Bertz CT molecular complexity index is 1250. The Hall–Kier alpha value is -4.14. The number of hydrogen-bond donors (Lipinski definition) is 1. The number of rotatable bonds is 7. The van der Waals surface area contributed by atoms with Crippen molar-refractivity contribution in [3.05, 3.63) is 66.2 Å². The number of hydrogen-bond acceptors (Lipinski definition) is 8. The van der Waals surface area contributed by atoms with Crippen LogP contribution in [-0.4, -0.2) is 35.4 Å². The summed E-state index contributed by atoms with van der Waals surface area (Å²) >= 11 is 0. The average molecular weight is 463 g/mol. The first-order valence-electron chi connectivity index (χ1n) is 10.7. The molecule has 2 heterocycles. The molecule has 0 unspecified atom stereocenters. The second-order valence-corrected chi connectivity index (χ2v) is 8.76. The molecule has 176 valence electrons. The molecule has 1 amide bonds. The van der Waals surface area contributed by atoms with Crippen LogP contribution in [0.25, 0.3) is 22.7 Å². The molecule has 0 radical (unpaired) electrons. The maximum Gasteiger partial charge on any atom is 0.274 e. The molecule has 0 spiro atoms. The minimum absolute atomic E-state index is 0.148. The highest BCUT2D eigenvalue weighted by Gasteiger charge is 2.34. The van der Waals surface area contributed by atoms with Gasteiger partial charge in [0.05, 0.1) is 14.2 Å². The average Bonchev–Trinajstić information content (AvgIpc) is 3.52. The molecule has 1 N–H and O–H groups in total. The third kappa shape index (κ3) is 4.93. The third-order valence-corrected chi connectivity index (χ3v) is 5.30. The number of amides is 1. The predicted molar refractivity (Wildman–Crippen MR) is 124 cm³/mol. The molecule has 4 aromatic rings. The molecule has 0 bridgehead atoms. The van der Waals surface area contributed by atoms with Crippen molar-refractivity contribution < 1.29 is 23.3 Å². The van der Waals surface area contributed by atoms with Crippen molar-refractivity contribution in [2.75, 3.05) is 14.2 Å². The largest absolute Gasteiger partial charge is 0.497 e. The summed E-state index contributed by atoms with van der Waals surface area (Å²) in [4.78, 5) is 17.5. The summed E-state index contributed by atoms with van der Waals surface area (Å²) in [6.07, 6.45) is 0. The van der Waals surface area contributed by atoms with Crippen LogP contribution in [0, 0.1) is 5.41 Å². The van der Waals surface area contributed by atoms with Gasteiger partial charge in [-0.15, -0.1) is 0 Å². The van der Waals surface area contributed by atoms with E-state index in [2.05, 4.69) is 20.6 Å². The van der Waals surface area contributed by atoms with E-state index in [1.165, 1.54) is 0 Å². The number of nitrogens with zero attached hydrogens (tertiary/aromatic N) is 3. The lowest BCUT2D eigenvalue weighted by Crippen LogP contribution is -2.37. The van der Waals surface area contributed by atoms with Gasteiger partial charge < -0.3 is 23.8 Å². The molecular formula is C25H26N4O5. The van der Waals surface area contributed by atoms with Crippen molar-refractivity contribution >= 4 is 5.91 Å². The van der Waals surface area contributed by atoms with E-state index in [4.69, 9.17) is 18.5 Å². The van der Waals surface area contributed by atoms with E-state index in [9.17, 15) is 4.79 Å². The van der Waals surface area contributed by atoms with Crippen molar-refractivity contribution in [2.24, 2.45) is 5.41 Å². The smallest absolute Gasteiger partial charge is 0.274 e. The van der Waals surface area contributed by atoms with E-state index in [0.717, 1.165) is 22.6 Å². The topological polar surface area (TPSA) is 113 Å². The number of benzene rings is 2. The van der Waals surface area contributed by atoms with Crippen LogP contribution in [0.1, 0.15) is 43.2 Å². The summed E-state index contributed by atoms with van der Waals surface area (Å²) in [5.74, 6) is 2.24. The van der Waals surface area contributed by atoms with Gasteiger partial charge in [-0.2, -0.15) is 4.98 Å². The third-order valence-electron chi connectivity index (χ3n) is 5.30. The highest BCUT2D eigenvalue weighted by molar-refractivity contribution is 5.93. The van der Waals surface area contributed by atoms with Crippen molar-refractivity contribution in [1.29, 1.82) is 0 Å². The molecule has 4 rings (SSSR count). The van der Waals surface area contributed by atoms with Gasteiger partial charge in [-0.3, -0.25) is 4.79 Å². The first-order valence-corrected chi connectivity index (χ1v) is 10.7. The fourth-order valence-electron chi connectivity index (χ4n) is 3.34. The Morgan fingerprint density at radius 1 is 0.882 bits per heavy atom. The zero-order chi connectivity index (χ0) is 24.3. The van der Waals surface area contributed by atoms with E-state index in [-0.39, 0.29) is 5.69 Å². The number of aromatic nitrogens is 3. The lowest BCUT2D eigenvalue weighted by Gasteiger charge is -2.27. The zero-order valence-corrected chi connectivity index (χ0v) is 19.7. The number of nitrogens with one attached hydrogen (secondary N) is 1. The summed E-state index contributed by atoms with van der Waals surface area (Å²) in [6, 6.07) is 15.6. The van der Waals surface area contributed by atoms with Crippen LogP contribution in [0.15, 0.2) is 63.6 Å². The minimum Gasteiger partial charge on any atom is -0.497 e. The van der Waals surface area contributed by atoms with Crippen LogP contribution in [-0.2, 0) is 0 Å². The molecule has 9 heteroatoms. The summed E-state index contributed by atoms with van der Waals surface area (Å²) in [5.41, 5.74) is 1.29. The molecular weight excluding hydrogens is 436 g/mol. The number of ether oxygens (including phenoxy) is 2. The van der Waals surface area contributed by atoms with Crippen LogP contribution >= 0.6 is 0 Å². The van der Waals surface area contributed by atoms with Gasteiger partial charge in [0.15, 0.2) is 11.5 Å². The monoisotopic (exact) mass is 462 g/mol. The highest BCUT2D eigenvalue weighted by atomic mass is 16.5. The van der Waals surface area contributed by atoms with Gasteiger partial charge in [-0.25, -0.2) is 0 Å². The summed E-state index contributed by atoms with van der Waals surface area (Å²) in [6.45, 7) is 5.92. The van der Waals surface area contributed by atoms with E-state index in [1.54, 1.807) is 20.3 Å². The quantitative estimate of drug-likeness (QED) is 0.412. The number of methoxy groups -OCH3 is 2. The molecule has 2 aromatic heterocycles. The van der Waals surface area contributed by atoms with Gasteiger partial charge in [0.1, 0.15) is 17.5 Å². The first kappa shape index (κ1) is 23.0. The van der Waals surface area contributed by atoms with Gasteiger partial charge in [0, 0.05) is 17.2 Å². The molecule has 1 atom stereocenters. The molecule has 34 heavy (non-hydrogen) atoms. The predicted octanol–water partition coefficient (Wildman–Crippen LogP) is 4.93. The Morgan fingerprint density at radius 2 is 1.47 bits per heavy atom. The SMILES string of the molecule is COc1ccc(-c2noc([C@H](NC(=O)c3cc(-c4ccc(OC)cc4)on3)C(C)(C)C)n2)cc1. The standard InChI is InChI=1S/C25H26N4O5/c1-25(2,3)21(24-27-22(29-34-24)16-8-12-18(32-5)13-9-16)26-23(30)19-14-20(33-28-19)15-6-10-17(31-4)11-7-15/h6-14,21H,1-5H3,(H,26,30)/t21-/m0/s1. The van der Waals surface area contributed by atoms with E-state index >= 15 is 0 Å². The summed E-state index contributed by atoms with van der Waals surface area (Å²) < 4.78 is 21.3. The van der Waals surface area contributed by atoms with E-state index in [1.807, 2.05) is 69.3 Å². The van der Waals surface area contributed by atoms with Crippen LogP contribution in [0.4, 0.5) is 0 Å². The van der Waals surface area contributed by atoms with Crippen LogP contribution in [0.5, 0.6) is 11.5 Å². The molecule has 0 fully saturated rings. The van der Waals surface area contributed by atoms with Gasteiger partial charge in [-0.1, -0.05) is 31.1 Å². The molecule has 0 aliphatic rings. The maximum absolute atomic E-state index is 13.0. The van der Waals surface area contributed by atoms with Gasteiger partial charge in [-0.05, 0) is 53.9 Å². The fraction of sp³-hybridized carbons (Fsp3) is 0.280. The van der Waals surface area contributed by atoms with Crippen molar-refractivity contribution in [1.82, 2.24) is 20.6 Å². The Balaban J connectivity index is 1.53. The Labute approximate surface area is 197 Å². The van der Waals surface area contributed by atoms with Gasteiger partial charge in [0.2, 0.25) is 11.7 Å².